The Kier molecular flexibility index (Phi) is 6.76. The minimum Gasteiger partial charge on any atom is -0.459 e. The monoisotopic (exact) mass is 344 g/mol. The predicted molar refractivity (Wildman–Crippen MR) is 91.3 cm³/mol. The predicted octanol–water partition coefficient (Wildman–Crippen LogP) is 2.61. The number of anilines is 1. The Morgan fingerprint density at radius 1 is 1.12 bits per heavy atom. The van der Waals surface area contributed by atoms with Crippen LogP contribution in [0.1, 0.15) is 40.7 Å². The van der Waals surface area contributed by atoms with Crippen LogP contribution in [0, 0.1) is 0 Å². The molecule has 0 aliphatic heterocycles. The summed E-state index contributed by atoms with van der Waals surface area (Å²) in [5.41, 5.74) is 0.434. The van der Waals surface area contributed by atoms with E-state index in [2.05, 4.69) is 10.6 Å². The van der Waals surface area contributed by atoms with E-state index >= 15 is 0 Å². The number of ether oxygens (including phenoxy) is 1. The standard InChI is InChI=1S/C18H20N2O5/c1-2-3-10-19-16(21)12-25-18(23)13-7-4-5-8-14(13)20-17(22)15-9-6-11-24-15/h4-9,11H,2-3,10,12H2,1H3,(H,19,21)(H,20,22). The van der Waals surface area contributed by atoms with Crippen molar-refractivity contribution in [3.05, 3.63) is 54.0 Å². The number of para-hydroxylation sites is 1. The Hall–Kier alpha value is -3.09. The van der Waals surface area contributed by atoms with Crippen LogP contribution in [0.25, 0.3) is 0 Å². The van der Waals surface area contributed by atoms with Crippen LogP contribution in [0.3, 0.4) is 0 Å². The average molecular weight is 344 g/mol. The van der Waals surface area contributed by atoms with Gasteiger partial charge in [-0.2, -0.15) is 0 Å². The van der Waals surface area contributed by atoms with Gasteiger partial charge < -0.3 is 19.8 Å². The van der Waals surface area contributed by atoms with Crippen molar-refractivity contribution in [2.24, 2.45) is 0 Å². The van der Waals surface area contributed by atoms with Gasteiger partial charge in [-0.15, -0.1) is 0 Å². The van der Waals surface area contributed by atoms with Gasteiger partial charge in [0.15, 0.2) is 12.4 Å². The number of nitrogens with one attached hydrogen (secondary N) is 2. The third-order valence-electron chi connectivity index (χ3n) is 3.33. The van der Waals surface area contributed by atoms with E-state index in [1.54, 1.807) is 24.3 Å². The second kappa shape index (κ2) is 9.27. The molecule has 1 aromatic carbocycles. The fourth-order valence-electron chi connectivity index (χ4n) is 2.03. The van der Waals surface area contributed by atoms with E-state index in [0.717, 1.165) is 12.8 Å². The number of benzene rings is 1. The van der Waals surface area contributed by atoms with Crippen LogP contribution in [0.15, 0.2) is 47.1 Å². The summed E-state index contributed by atoms with van der Waals surface area (Å²) in [7, 11) is 0. The van der Waals surface area contributed by atoms with Gasteiger partial charge in [-0.1, -0.05) is 25.5 Å². The zero-order valence-electron chi connectivity index (χ0n) is 13.9. The van der Waals surface area contributed by atoms with Crippen molar-refractivity contribution < 1.29 is 23.5 Å². The van der Waals surface area contributed by atoms with Crippen molar-refractivity contribution in [3.63, 3.8) is 0 Å². The maximum absolute atomic E-state index is 12.2. The highest BCUT2D eigenvalue weighted by Crippen LogP contribution is 2.17. The van der Waals surface area contributed by atoms with Gasteiger partial charge in [0.25, 0.3) is 11.8 Å². The van der Waals surface area contributed by atoms with Gasteiger partial charge in [-0.25, -0.2) is 4.79 Å². The van der Waals surface area contributed by atoms with Crippen molar-refractivity contribution in [3.8, 4) is 0 Å². The van der Waals surface area contributed by atoms with Gasteiger partial charge in [0.2, 0.25) is 0 Å². The highest BCUT2D eigenvalue weighted by Gasteiger charge is 2.17. The Bertz CT molecular complexity index is 725. The molecule has 0 atom stereocenters. The maximum Gasteiger partial charge on any atom is 0.340 e. The van der Waals surface area contributed by atoms with Crippen molar-refractivity contribution in [2.75, 3.05) is 18.5 Å². The number of unbranched alkanes of at least 4 members (excludes halogenated alkanes) is 1. The molecule has 0 radical (unpaired) electrons. The Balaban J connectivity index is 1.96. The first-order chi connectivity index (χ1) is 12.1. The van der Waals surface area contributed by atoms with Crippen LogP contribution in [0.2, 0.25) is 0 Å². The van der Waals surface area contributed by atoms with Crippen LogP contribution >= 0.6 is 0 Å². The zero-order valence-corrected chi connectivity index (χ0v) is 13.9. The summed E-state index contributed by atoms with van der Waals surface area (Å²) in [6.07, 6.45) is 3.20. The second-order valence-electron chi connectivity index (χ2n) is 5.26. The van der Waals surface area contributed by atoms with E-state index in [1.807, 2.05) is 6.92 Å². The molecule has 0 aliphatic carbocycles. The smallest absolute Gasteiger partial charge is 0.340 e. The molecule has 2 N–H and O–H groups in total. The number of amides is 2. The lowest BCUT2D eigenvalue weighted by Crippen LogP contribution is -2.29. The van der Waals surface area contributed by atoms with Crippen molar-refractivity contribution in [1.82, 2.24) is 5.32 Å². The van der Waals surface area contributed by atoms with Crippen LogP contribution in [-0.2, 0) is 9.53 Å². The van der Waals surface area contributed by atoms with Crippen molar-refractivity contribution in [2.45, 2.75) is 19.8 Å². The third kappa shape index (κ3) is 5.49. The molecule has 2 aromatic rings. The summed E-state index contributed by atoms with van der Waals surface area (Å²) in [5, 5.41) is 5.25. The first-order valence-electron chi connectivity index (χ1n) is 7.99. The number of furan rings is 1. The van der Waals surface area contributed by atoms with Gasteiger partial charge >= 0.3 is 5.97 Å². The Labute approximate surface area is 145 Å². The third-order valence-corrected chi connectivity index (χ3v) is 3.33. The average Bonchev–Trinajstić information content (AvgIpc) is 3.15. The van der Waals surface area contributed by atoms with E-state index in [1.165, 1.54) is 18.4 Å². The number of hydrogen-bond acceptors (Lipinski definition) is 5. The lowest BCUT2D eigenvalue weighted by Gasteiger charge is -2.10. The van der Waals surface area contributed by atoms with E-state index in [0.29, 0.717) is 6.54 Å². The van der Waals surface area contributed by atoms with Gasteiger partial charge in [0, 0.05) is 6.54 Å². The molecule has 2 amide bonds. The van der Waals surface area contributed by atoms with Gasteiger partial charge in [-0.05, 0) is 30.7 Å². The second-order valence-corrected chi connectivity index (χ2v) is 5.26. The van der Waals surface area contributed by atoms with Crippen LogP contribution in [0.4, 0.5) is 5.69 Å². The quantitative estimate of drug-likeness (QED) is 0.567. The minimum atomic E-state index is -0.694. The Morgan fingerprint density at radius 3 is 2.64 bits per heavy atom. The minimum absolute atomic E-state index is 0.124. The van der Waals surface area contributed by atoms with Crippen molar-refractivity contribution in [1.29, 1.82) is 0 Å². The van der Waals surface area contributed by atoms with Gasteiger partial charge in [0.1, 0.15) is 0 Å². The van der Waals surface area contributed by atoms with E-state index < -0.39 is 11.9 Å². The molecular weight excluding hydrogens is 324 g/mol. The maximum atomic E-state index is 12.2. The van der Waals surface area contributed by atoms with Crippen LogP contribution in [0.5, 0.6) is 0 Å². The molecular formula is C18H20N2O5. The number of esters is 1. The normalized spacial score (nSPS) is 10.1. The van der Waals surface area contributed by atoms with Crippen molar-refractivity contribution >= 4 is 23.5 Å². The molecule has 1 heterocycles. The topological polar surface area (TPSA) is 97.6 Å². The summed E-state index contributed by atoms with van der Waals surface area (Å²) in [6.45, 7) is 2.19. The molecule has 7 nitrogen and oxygen atoms in total. The SMILES string of the molecule is CCCCNC(=O)COC(=O)c1ccccc1NC(=O)c1ccco1. The Morgan fingerprint density at radius 2 is 1.92 bits per heavy atom. The molecule has 0 fully saturated rings. The fraction of sp³-hybridized carbons (Fsp3) is 0.278. The molecule has 7 heteroatoms. The number of rotatable bonds is 8. The number of carbonyl (C=O) groups is 3. The van der Waals surface area contributed by atoms with Crippen LogP contribution in [-0.4, -0.2) is 30.9 Å². The molecule has 0 saturated heterocycles. The fourth-order valence-corrected chi connectivity index (χ4v) is 2.03. The molecule has 132 valence electrons. The lowest BCUT2D eigenvalue weighted by atomic mass is 10.1. The summed E-state index contributed by atoms with van der Waals surface area (Å²) < 4.78 is 10.0. The van der Waals surface area contributed by atoms with E-state index in [9.17, 15) is 14.4 Å². The summed E-state index contributed by atoms with van der Waals surface area (Å²) >= 11 is 0. The first-order valence-corrected chi connectivity index (χ1v) is 7.99. The molecule has 0 bridgehead atoms. The summed E-state index contributed by atoms with van der Waals surface area (Å²) in [5.74, 6) is -1.42. The highest BCUT2D eigenvalue weighted by atomic mass is 16.5. The molecule has 0 spiro atoms. The van der Waals surface area contributed by atoms with Gasteiger partial charge in [0.05, 0.1) is 17.5 Å². The highest BCUT2D eigenvalue weighted by molar-refractivity contribution is 6.06. The molecule has 0 saturated carbocycles. The van der Waals surface area contributed by atoms with Gasteiger partial charge in [-0.3, -0.25) is 9.59 Å². The van der Waals surface area contributed by atoms with Crippen LogP contribution < -0.4 is 10.6 Å². The molecule has 0 aliphatic rings. The summed E-state index contributed by atoms with van der Waals surface area (Å²) in [4.78, 5) is 35.8. The molecule has 2 rings (SSSR count). The summed E-state index contributed by atoms with van der Waals surface area (Å²) in [6, 6.07) is 9.49. The lowest BCUT2D eigenvalue weighted by molar-refractivity contribution is -0.124. The largest absolute Gasteiger partial charge is 0.459 e. The number of hydrogen-bond donors (Lipinski definition) is 2. The number of carbonyl (C=O) groups excluding carboxylic acids is 3. The first kappa shape index (κ1) is 18.3. The van der Waals surface area contributed by atoms with E-state index in [4.69, 9.17) is 9.15 Å². The zero-order chi connectivity index (χ0) is 18.1. The molecule has 1 aromatic heterocycles. The molecule has 25 heavy (non-hydrogen) atoms. The molecule has 0 unspecified atom stereocenters. The van der Waals surface area contributed by atoms with E-state index in [-0.39, 0.29) is 29.5 Å².